The van der Waals surface area contributed by atoms with Gasteiger partial charge in [0.25, 0.3) is 0 Å². The van der Waals surface area contributed by atoms with Gasteiger partial charge in [-0.3, -0.25) is 0 Å². The molecule has 1 atom stereocenters. The highest BCUT2D eigenvalue weighted by Gasteiger charge is 2.11. The highest BCUT2D eigenvalue weighted by Crippen LogP contribution is 2.03. The van der Waals surface area contributed by atoms with Crippen molar-refractivity contribution in [2.75, 3.05) is 26.9 Å². The van der Waals surface area contributed by atoms with Crippen molar-refractivity contribution in [3.05, 3.63) is 24.2 Å². The van der Waals surface area contributed by atoms with Crippen LogP contribution in [-0.2, 0) is 16.1 Å². The highest BCUT2D eigenvalue weighted by atomic mass is 16.5. The number of ether oxygens (including phenoxy) is 2. The van der Waals surface area contributed by atoms with Crippen LogP contribution >= 0.6 is 0 Å². The van der Waals surface area contributed by atoms with Gasteiger partial charge in [0.15, 0.2) is 0 Å². The molecular weight excluding hydrogens is 230 g/mol. The van der Waals surface area contributed by atoms with Crippen molar-refractivity contribution < 1.29 is 13.9 Å². The van der Waals surface area contributed by atoms with Gasteiger partial charge in [0.05, 0.1) is 12.9 Å². The molecule has 0 saturated heterocycles. The molecule has 4 nitrogen and oxygen atoms in total. The van der Waals surface area contributed by atoms with E-state index in [1.54, 1.807) is 13.4 Å². The van der Waals surface area contributed by atoms with Gasteiger partial charge in [0, 0.05) is 19.8 Å². The summed E-state index contributed by atoms with van der Waals surface area (Å²) in [6.45, 7) is 7.40. The Kier molecular flexibility index (Phi) is 7.73. The minimum absolute atomic E-state index is 0.417. The van der Waals surface area contributed by atoms with Gasteiger partial charge in [-0.25, -0.2) is 0 Å². The number of hydrogen-bond acceptors (Lipinski definition) is 4. The van der Waals surface area contributed by atoms with Gasteiger partial charge in [0.1, 0.15) is 12.4 Å². The minimum Gasteiger partial charge on any atom is -0.467 e. The lowest BCUT2D eigenvalue weighted by Crippen LogP contribution is -2.38. The maximum absolute atomic E-state index is 5.52. The van der Waals surface area contributed by atoms with Gasteiger partial charge in [-0.05, 0) is 31.0 Å². The van der Waals surface area contributed by atoms with Crippen molar-refractivity contribution in [3.8, 4) is 0 Å². The van der Waals surface area contributed by atoms with E-state index in [0.717, 1.165) is 31.9 Å². The second-order valence-corrected chi connectivity index (χ2v) is 4.75. The predicted octanol–water partition coefficient (Wildman–Crippen LogP) is 2.45. The largest absolute Gasteiger partial charge is 0.467 e. The van der Waals surface area contributed by atoms with E-state index in [0.29, 0.717) is 18.6 Å². The zero-order valence-electron chi connectivity index (χ0n) is 11.6. The molecule has 0 aromatic carbocycles. The first-order valence-corrected chi connectivity index (χ1v) is 6.56. The molecule has 0 bridgehead atoms. The summed E-state index contributed by atoms with van der Waals surface area (Å²) in [6, 6.07) is 4.21. The molecule has 1 aromatic rings. The van der Waals surface area contributed by atoms with Crippen LogP contribution in [0.5, 0.6) is 0 Å². The lowest BCUT2D eigenvalue weighted by atomic mass is 10.1. The minimum atomic E-state index is 0.417. The third-order valence-corrected chi connectivity index (χ3v) is 2.85. The van der Waals surface area contributed by atoms with E-state index in [1.807, 2.05) is 12.1 Å². The number of methoxy groups -OCH3 is 1. The third-order valence-electron chi connectivity index (χ3n) is 2.85. The molecule has 1 unspecified atom stereocenters. The summed E-state index contributed by atoms with van der Waals surface area (Å²) in [5, 5.41) is 3.49. The lowest BCUT2D eigenvalue weighted by Gasteiger charge is -2.21. The molecule has 0 saturated carbocycles. The number of rotatable bonds is 10. The molecule has 104 valence electrons. The first kappa shape index (κ1) is 15.2. The Labute approximate surface area is 110 Å². The molecule has 18 heavy (non-hydrogen) atoms. The number of nitrogens with one attached hydrogen (secondary N) is 1. The molecule has 1 aromatic heterocycles. The Morgan fingerprint density at radius 1 is 1.39 bits per heavy atom. The van der Waals surface area contributed by atoms with Crippen LogP contribution in [0.3, 0.4) is 0 Å². The smallest absolute Gasteiger partial charge is 0.129 e. The molecule has 0 aliphatic rings. The zero-order valence-corrected chi connectivity index (χ0v) is 11.6. The normalized spacial score (nSPS) is 13.1. The van der Waals surface area contributed by atoms with Gasteiger partial charge in [-0.15, -0.1) is 0 Å². The summed E-state index contributed by atoms with van der Waals surface area (Å²) in [4.78, 5) is 0. The molecular formula is C14H25NO3. The van der Waals surface area contributed by atoms with Crippen molar-refractivity contribution in [2.45, 2.75) is 32.9 Å². The molecule has 0 fully saturated rings. The fourth-order valence-electron chi connectivity index (χ4n) is 1.70. The molecule has 1 N–H and O–H groups in total. The molecule has 0 aliphatic heterocycles. The van der Waals surface area contributed by atoms with E-state index in [-0.39, 0.29) is 0 Å². The summed E-state index contributed by atoms with van der Waals surface area (Å²) in [7, 11) is 1.74. The van der Waals surface area contributed by atoms with Crippen molar-refractivity contribution in [1.29, 1.82) is 0 Å². The van der Waals surface area contributed by atoms with Crippen LogP contribution in [0, 0.1) is 5.92 Å². The molecule has 0 spiro atoms. The van der Waals surface area contributed by atoms with Crippen molar-refractivity contribution in [1.82, 2.24) is 5.32 Å². The second kappa shape index (κ2) is 9.14. The first-order chi connectivity index (χ1) is 8.74. The molecule has 0 radical (unpaired) electrons. The summed E-state index contributed by atoms with van der Waals surface area (Å²) >= 11 is 0. The molecule has 4 heteroatoms. The third kappa shape index (κ3) is 6.19. The van der Waals surface area contributed by atoms with E-state index < -0.39 is 0 Å². The van der Waals surface area contributed by atoms with Crippen molar-refractivity contribution >= 4 is 0 Å². The van der Waals surface area contributed by atoms with Crippen LogP contribution in [0.1, 0.15) is 26.0 Å². The Hall–Kier alpha value is -0.840. The summed E-state index contributed by atoms with van der Waals surface area (Å²) in [5.41, 5.74) is 0. The average Bonchev–Trinajstić information content (AvgIpc) is 2.84. The number of furan rings is 1. The van der Waals surface area contributed by atoms with Gasteiger partial charge in [0.2, 0.25) is 0 Å². The van der Waals surface area contributed by atoms with Gasteiger partial charge in [-0.1, -0.05) is 13.8 Å². The lowest BCUT2D eigenvalue weighted by molar-refractivity contribution is 0.100. The molecule has 0 amide bonds. The van der Waals surface area contributed by atoms with Crippen LogP contribution in [0.2, 0.25) is 0 Å². The molecule has 1 heterocycles. The van der Waals surface area contributed by atoms with Crippen LogP contribution < -0.4 is 5.32 Å². The fourth-order valence-corrected chi connectivity index (χ4v) is 1.70. The summed E-state index contributed by atoms with van der Waals surface area (Å²) in [6.07, 6.45) is 2.66. The maximum Gasteiger partial charge on any atom is 0.129 e. The number of hydrogen-bond donors (Lipinski definition) is 1. The van der Waals surface area contributed by atoms with Gasteiger partial charge >= 0.3 is 0 Å². The summed E-state index contributed by atoms with van der Waals surface area (Å²) < 4.78 is 15.9. The van der Waals surface area contributed by atoms with E-state index in [2.05, 4.69) is 19.2 Å². The first-order valence-electron chi connectivity index (χ1n) is 6.56. The van der Waals surface area contributed by atoms with Crippen LogP contribution in [0.15, 0.2) is 22.8 Å². The Bertz CT molecular complexity index is 285. The standard InChI is InChI=1S/C14H25NO3/c1-12(2)14(11-16-3)15-7-5-8-17-10-13-6-4-9-18-13/h4,6,9,12,14-15H,5,7-8,10-11H2,1-3H3. The fraction of sp³-hybridized carbons (Fsp3) is 0.714. The Morgan fingerprint density at radius 3 is 2.83 bits per heavy atom. The van der Waals surface area contributed by atoms with E-state index >= 15 is 0 Å². The van der Waals surface area contributed by atoms with Crippen LogP contribution in [0.4, 0.5) is 0 Å². The van der Waals surface area contributed by atoms with Gasteiger partial charge < -0.3 is 19.2 Å². The van der Waals surface area contributed by atoms with Crippen LogP contribution in [-0.4, -0.2) is 32.9 Å². The van der Waals surface area contributed by atoms with Crippen molar-refractivity contribution in [3.63, 3.8) is 0 Å². The van der Waals surface area contributed by atoms with Crippen molar-refractivity contribution in [2.24, 2.45) is 5.92 Å². The maximum atomic E-state index is 5.52. The van der Waals surface area contributed by atoms with E-state index in [4.69, 9.17) is 13.9 Å². The monoisotopic (exact) mass is 255 g/mol. The van der Waals surface area contributed by atoms with E-state index in [1.165, 1.54) is 0 Å². The van der Waals surface area contributed by atoms with Crippen LogP contribution in [0.25, 0.3) is 0 Å². The summed E-state index contributed by atoms with van der Waals surface area (Å²) in [5.74, 6) is 1.45. The second-order valence-electron chi connectivity index (χ2n) is 4.75. The Morgan fingerprint density at radius 2 is 2.22 bits per heavy atom. The van der Waals surface area contributed by atoms with Gasteiger partial charge in [-0.2, -0.15) is 0 Å². The predicted molar refractivity (Wildman–Crippen MR) is 71.5 cm³/mol. The topological polar surface area (TPSA) is 43.6 Å². The Balaban J connectivity index is 2.00. The average molecular weight is 255 g/mol. The SMILES string of the molecule is COCC(NCCCOCc1ccco1)C(C)C. The zero-order chi connectivity index (χ0) is 13.2. The molecule has 1 rings (SSSR count). The van der Waals surface area contributed by atoms with E-state index in [9.17, 15) is 0 Å². The quantitative estimate of drug-likeness (QED) is 0.652. The highest BCUT2D eigenvalue weighted by molar-refractivity contribution is 4.95. The molecule has 0 aliphatic carbocycles.